The molecule has 3 aromatic rings. The first kappa shape index (κ1) is 20.8. The minimum atomic E-state index is -0.846. The Balaban J connectivity index is 1.59. The second-order valence-corrected chi connectivity index (χ2v) is 6.25. The van der Waals surface area contributed by atoms with E-state index in [-0.39, 0.29) is 24.2 Å². The van der Waals surface area contributed by atoms with Crippen LogP contribution in [0.4, 0.5) is 0 Å². The summed E-state index contributed by atoms with van der Waals surface area (Å²) < 4.78 is 20.8. The Morgan fingerprint density at radius 1 is 1.10 bits per heavy atom. The van der Waals surface area contributed by atoms with E-state index < -0.39 is 12.0 Å². The zero-order valence-corrected chi connectivity index (χ0v) is 16.7. The van der Waals surface area contributed by atoms with Crippen molar-refractivity contribution in [2.24, 2.45) is 0 Å². The van der Waals surface area contributed by atoms with E-state index in [2.05, 4.69) is 15.5 Å². The number of methoxy groups -OCH3 is 2. The second kappa shape index (κ2) is 9.55. The van der Waals surface area contributed by atoms with Gasteiger partial charge in [0.15, 0.2) is 6.61 Å². The van der Waals surface area contributed by atoms with E-state index in [4.69, 9.17) is 18.7 Å². The molecule has 0 aliphatic carbocycles. The second-order valence-electron chi connectivity index (χ2n) is 6.25. The SMILES string of the molecule is COc1ccc(-c2noc(COC(=O)[C@H](C)NC(=O)c3ccccc3)n2)c(OC)c1. The number of carbonyl (C=O) groups excluding carboxylic acids is 2. The van der Waals surface area contributed by atoms with E-state index in [0.29, 0.717) is 22.6 Å². The first-order valence-electron chi connectivity index (χ1n) is 9.09. The molecule has 0 radical (unpaired) electrons. The topological polar surface area (TPSA) is 113 Å². The largest absolute Gasteiger partial charge is 0.497 e. The molecule has 1 N–H and O–H groups in total. The fraction of sp³-hybridized carbons (Fsp3) is 0.238. The van der Waals surface area contributed by atoms with Crippen molar-refractivity contribution >= 4 is 11.9 Å². The predicted octanol–water partition coefficient (Wildman–Crippen LogP) is 2.62. The van der Waals surface area contributed by atoms with E-state index in [1.165, 1.54) is 14.0 Å². The van der Waals surface area contributed by atoms with Crippen LogP contribution in [0.3, 0.4) is 0 Å². The lowest BCUT2D eigenvalue weighted by Gasteiger charge is -2.12. The van der Waals surface area contributed by atoms with Crippen LogP contribution in [-0.4, -0.2) is 42.3 Å². The molecule has 2 aromatic carbocycles. The third-order valence-electron chi connectivity index (χ3n) is 4.19. The van der Waals surface area contributed by atoms with Gasteiger partial charge in [-0.3, -0.25) is 4.79 Å². The highest BCUT2D eigenvalue weighted by Crippen LogP contribution is 2.31. The summed E-state index contributed by atoms with van der Waals surface area (Å²) in [7, 11) is 3.07. The minimum absolute atomic E-state index is 0.109. The predicted molar refractivity (Wildman–Crippen MR) is 106 cm³/mol. The van der Waals surface area contributed by atoms with Crippen molar-refractivity contribution in [2.75, 3.05) is 14.2 Å². The summed E-state index contributed by atoms with van der Waals surface area (Å²) >= 11 is 0. The van der Waals surface area contributed by atoms with Crippen LogP contribution in [0.25, 0.3) is 11.4 Å². The van der Waals surface area contributed by atoms with E-state index >= 15 is 0 Å². The number of aromatic nitrogens is 2. The van der Waals surface area contributed by atoms with Crippen molar-refractivity contribution in [3.05, 3.63) is 60.0 Å². The minimum Gasteiger partial charge on any atom is -0.497 e. The summed E-state index contributed by atoms with van der Waals surface area (Å²) in [5.74, 6) is 0.535. The van der Waals surface area contributed by atoms with Crippen molar-refractivity contribution in [3.63, 3.8) is 0 Å². The third-order valence-corrected chi connectivity index (χ3v) is 4.19. The van der Waals surface area contributed by atoms with Crippen molar-refractivity contribution < 1.29 is 28.3 Å². The lowest BCUT2D eigenvalue weighted by Crippen LogP contribution is -2.39. The maximum atomic E-state index is 12.2. The Hall–Kier alpha value is -3.88. The lowest BCUT2D eigenvalue weighted by molar-refractivity contribution is -0.147. The summed E-state index contributed by atoms with van der Waals surface area (Å²) in [6.07, 6.45) is 0. The number of carbonyl (C=O) groups is 2. The molecule has 3 rings (SSSR count). The van der Waals surface area contributed by atoms with E-state index in [0.717, 1.165) is 0 Å². The number of hydrogen-bond donors (Lipinski definition) is 1. The Kier molecular flexibility index (Phi) is 6.63. The Bertz CT molecular complexity index is 1020. The molecule has 0 saturated heterocycles. The number of amides is 1. The summed E-state index contributed by atoms with van der Waals surface area (Å²) in [6.45, 7) is 1.31. The number of rotatable bonds is 8. The van der Waals surface area contributed by atoms with Gasteiger partial charge in [-0.25, -0.2) is 4.79 Å². The molecule has 30 heavy (non-hydrogen) atoms. The standard InChI is InChI=1S/C21H21N3O6/c1-13(22-20(25)14-7-5-4-6-8-14)21(26)29-12-18-23-19(24-30-18)16-10-9-15(27-2)11-17(16)28-3/h4-11,13H,12H2,1-3H3,(H,22,25)/t13-/m0/s1. The van der Waals surface area contributed by atoms with Crippen molar-refractivity contribution in [3.8, 4) is 22.9 Å². The first-order valence-corrected chi connectivity index (χ1v) is 9.09. The molecule has 9 heteroatoms. The van der Waals surface area contributed by atoms with Crippen molar-refractivity contribution in [2.45, 2.75) is 19.6 Å². The molecule has 0 fully saturated rings. The molecule has 0 spiro atoms. The smallest absolute Gasteiger partial charge is 0.328 e. The maximum Gasteiger partial charge on any atom is 0.328 e. The number of nitrogens with one attached hydrogen (secondary N) is 1. The van der Waals surface area contributed by atoms with Crippen LogP contribution in [0.1, 0.15) is 23.2 Å². The number of benzene rings is 2. The Morgan fingerprint density at radius 3 is 2.57 bits per heavy atom. The maximum absolute atomic E-state index is 12.2. The van der Waals surface area contributed by atoms with Crippen LogP contribution in [0.2, 0.25) is 0 Å². The van der Waals surface area contributed by atoms with Gasteiger partial charge in [-0.05, 0) is 31.2 Å². The number of nitrogens with zero attached hydrogens (tertiary/aromatic N) is 2. The van der Waals surface area contributed by atoms with Crippen LogP contribution in [-0.2, 0) is 16.1 Å². The molecule has 0 unspecified atom stereocenters. The summed E-state index contributed by atoms with van der Waals surface area (Å²) in [5.41, 5.74) is 1.05. The van der Waals surface area contributed by atoms with Crippen LogP contribution in [0.15, 0.2) is 53.1 Å². The van der Waals surface area contributed by atoms with Gasteiger partial charge in [0.05, 0.1) is 19.8 Å². The molecule has 156 valence electrons. The molecule has 1 atom stereocenters. The van der Waals surface area contributed by atoms with Crippen molar-refractivity contribution in [1.82, 2.24) is 15.5 Å². The monoisotopic (exact) mass is 411 g/mol. The van der Waals surface area contributed by atoms with Crippen LogP contribution in [0, 0.1) is 0 Å². The average molecular weight is 411 g/mol. The van der Waals surface area contributed by atoms with Gasteiger partial charge in [0.2, 0.25) is 5.82 Å². The number of hydrogen-bond acceptors (Lipinski definition) is 8. The highest BCUT2D eigenvalue weighted by molar-refractivity contribution is 5.96. The third kappa shape index (κ3) is 4.93. The quantitative estimate of drug-likeness (QED) is 0.563. The number of ether oxygens (including phenoxy) is 3. The van der Waals surface area contributed by atoms with Gasteiger partial charge in [0, 0.05) is 11.6 Å². The van der Waals surface area contributed by atoms with Gasteiger partial charge in [-0.2, -0.15) is 4.98 Å². The molecule has 0 aliphatic rings. The highest BCUT2D eigenvalue weighted by Gasteiger charge is 2.20. The van der Waals surface area contributed by atoms with E-state index in [9.17, 15) is 9.59 Å². The zero-order chi connectivity index (χ0) is 21.5. The highest BCUT2D eigenvalue weighted by atomic mass is 16.6. The molecule has 0 bridgehead atoms. The van der Waals surface area contributed by atoms with Gasteiger partial charge in [-0.1, -0.05) is 23.4 Å². The van der Waals surface area contributed by atoms with E-state index in [1.807, 2.05) is 0 Å². The van der Waals surface area contributed by atoms with Gasteiger partial charge in [0.1, 0.15) is 17.5 Å². The first-order chi connectivity index (χ1) is 14.5. The lowest BCUT2D eigenvalue weighted by atomic mass is 10.2. The van der Waals surface area contributed by atoms with Crippen molar-refractivity contribution in [1.29, 1.82) is 0 Å². The fourth-order valence-electron chi connectivity index (χ4n) is 2.59. The molecule has 9 nitrogen and oxygen atoms in total. The molecule has 1 aromatic heterocycles. The summed E-state index contributed by atoms with van der Waals surface area (Å²) in [6, 6.07) is 12.9. The van der Waals surface area contributed by atoms with Gasteiger partial charge >= 0.3 is 5.97 Å². The van der Waals surface area contributed by atoms with Gasteiger partial charge < -0.3 is 24.1 Å². The fourth-order valence-corrected chi connectivity index (χ4v) is 2.59. The zero-order valence-electron chi connectivity index (χ0n) is 16.7. The molecular formula is C21H21N3O6. The molecular weight excluding hydrogens is 390 g/mol. The Labute approximate surface area is 172 Å². The van der Waals surface area contributed by atoms with E-state index in [1.54, 1.807) is 55.6 Å². The molecule has 1 heterocycles. The van der Waals surface area contributed by atoms with Crippen LogP contribution in [0.5, 0.6) is 11.5 Å². The number of esters is 1. The molecule has 1 amide bonds. The Morgan fingerprint density at radius 2 is 1.87 bits per heavy atom. The van der Waals surface area contributed by atoms with Crippen LogP contribution < -0.4 is 14.8 Å². The van der Waals surface area contributed by atoms with Crippen LogP contribution >= 0.6 is 0 Å². The van der Waals surface area contributed by atoms with Gasteiger partial charge in [0.25, 0.3) is 11.8 Å². The molecule has 0 saturated carbocycles. The summed E-state index contributed by atoms with van der Waals surface area (Å²) in [4.78, 5) is 28.5. The molecule has 0 aliphatic heterocycles. The summed E-state index contributed by atoms with van der Waals surface area (Å²) in [5, 5.41) is 6.47. The normalized spacial score (nSPS) is 11.4. The van der Waals surface area contributed by atoms with Gasteiger partial charge in [-0.15, -0.1) is 0 Å². The average Bonchev–Trinajstić information content (AvgIpc) is 3.26.